The fourth-order valence-electron chi connectivity index (χ4n) is 3.34. The number of nitrogens with two attached hydrogens (primary N) is 1. The Bertz CT molecular complexity index is 1040. The van der Waals surface area contributed by atoms with Gasteiger partial charge in [0.2, 0.25) is 11.6 Å². The van der Waals surface area contributed by atoms with Crippen molar-refractivity contribution in [2.75, 3.05) is 5.73 Å². The highest BCUT2D eigenvalue weighted by Crippen LogP contribution is 2.21. The van der Waals surface area contributed by atoms with Crippen molar-refractivity contribution in [3.63, 3.8) is 0 Å². The van der Waals surface area contributed by atoms with Gasteiger partial charge >= 0.3 is 0 Å². The van der Waals surface area contributed by atoms with Crippen molar-refractivity contribution in [3.8, 4) is 5.82 Å². The Hall–Kier alpha value is -3.56. The predicted molar refractivity (Wildman–Crippen MR) is 101 cm³/mol. The number of nitrogens with zero attached hydrogens (tertiary/aromatic N) is 6. The number of hydrogen-bond acceptors (Lipinski definition) is 8. The molecule has 0 spiro atoms. The molecule has 0 atom stereocenters. The lowest BCUT2D eigenvalue weighted by molar-refractivity contribution is 0.0948. The zero-order chi connectivity index (χ0) is 19.5. The number of aryl methyl sites for hydroxylation is 1. The second-order valence-corrected chi connectivity index (χ2v) is 6.53. The number of nitrogen functional groups attached to an aromatic ring is 1. The Labute approximate surface area is 160 Å². The molecule has 3 N–H and O–H groups in total. The van der Waals surface area contributed by atoms with E-state index in [1.165, 1.54) is 10.2 Å². The molecule has 0 saturated carbocycles. The summed E-state index contributed by atoms with van der Waals surface area (Å²) in [6.45, 7) is 1.99. The number of rotatable bonds is 5. The van der Waals surface area contributed by atoms with Gasteiger partial charge in [0, 0.05) is 5.56 Å². The lowest BCUT2D eigenvalue weighted by Gasteiger charge is -2.17. The highest BCUT2D eigenvalue weighted by molar-refractivity contribution is 6.03. The molecule has 4 rings (SSSR count). The first-order valence-electron chi connectivity index (χ1n) is 9.17. The lowest BCUT2D eigenvalue weighted by Crippen LogP contribution is -2.23. The zero-order valence-corrected chi connectivity index (χ0v) is 15.4. The highest BCUT2D eigenvalue weighted by Gasteiger charge is 2.23. The first kappa shape index (κ1) is 17.8. The van der Waals surface area contributed by atoms with Gasteiger partial charge in [0.05, 0.1) is 11.4 Å². The van der Waals surface area contributed by atoms with E-state index in [-0.39, 0.29) is 17.3 Å². The van der Waals surface area contributed by atoms with Crippen LogP contribution < -0.4 is 11.2 Å². The Morgan fingerprint density at radius 2 is 2.18 bits per heavy atom. The molecule has 0 unspecified atom stereocenters. The quantitative estimate of drug-likeness (QED) is 0.642. The van der Waals surface area contributed by atoms with Crippen molar-refractivity contribution in [3.05, 3.63) is 46.8 Å². The third-order valence-corrected chi connectivity index (χ3v) is 4.64. The fraction of sp³-hybridized carbons (Fsp3) is 0.333. The average molecular weight is 380 g/mol. The topological polar surface area (TPSA) is 137 Å². The summed E-state index contributed by atoms with van der Waals surface area (Å²) in [5.41, 5.74) is 12.3. The van der Waals surface area contributed by atoms with Crippen LogP contribution in [0.4, 0.5) is 5.82 Å². The molecule has 1 aromatic carbocycles. The number of carbonyl (C=O) groups is 1. The van der Waals surface area contributed by atoms with Crippen molar-refractivity contribution in [2.45, 2.75) is 39.0 Å². The molecular formula is C18H20N8O2. The Morgan fingerprint density at radius 3 is 2.96 bits per heavy atom. The first-order chi connectivity index (χ1) is 13.7. The number of benzene rings is 1. The van der Waals surface area contributed by atoms with Crippen LogP contribution in [0.2, 0.25) is 0 Å². The lowest BCUT2D eigenvalue weighted by atomic mass is 9.90. The van der Waals surface area contributed by atoms with Crippen molar-refractivity contribution in [1.29, 1.82) is 0 Å². The minimum Gasteiger partial charge on any atom is -0.378 e. The molecule has 0 bridgehead atoms. The fourth-order valence-corrected chi connectivity index (χ4v) is 3.34. The summed E-state index contributed by atoms with van der Waals surface area (Å²) < 4.78 is 6.01. The molecule has 28 heavy (non-hydrogen) atoms. The van der Waals surface area contributed by atoms with Gasteiger partial charge in [0.25, 0.3) is 5.91 Å². The second-order valence-electron chi connectivity index (χ2n) is 6.53. The van der Waals surface area contributed by atoms with E-state index in [4.69, 9.17) is 5.73 Å². The number of nitrogens with one attached hydrogen (secondary N) is 1. The molecule has 0 radical (unpaired) electrons. The van der Waals surface area contributed by atoms with E-state index in [0.29, 0.717) is 12.1 Å². The summed E-state index contributed by atoms with van der Waals surface area (Å²) in [5.74, 6) is -0.143. The van der Waals surface area contributed by atoms with Crippen LogP contribution in [0.3, 0.4) is 0 Å². The van der Waals surface area contributed by atoms with Gasteiger partial charge < -0.3 is 5.73 Å². The Morgan fingerprint density at radius 1 is 1.32 bits per heavy atom. The van der Waals surface area contributed by atoms with Crippen LogP contribution >= 0.6 is 0 Å². The molecule has 2 heterocycles. The van der Waals surface area contributed by atoms with Crippen molar-refractivity contribution in [2.24, 2.45) is 5.10 Å². The minimum absolute atomic E-state index is 0.0771. The molecule has 10 nitrogen and oxygen atoms in total. The number of hydrazone groups is 1. The van der Waals surface area contributed by atoms with Crippen LogP contribution in [0.25, 0.3) is 5.82 Å². The number of aromatic nitrogens is 5. The van der Waals surface area contributed by atoms with E-state index in [1.54, 1.807) is 0 Å². The van der Waals surface area contributed by atoms with Gasteiger partial charge in [0.15, 0.2) is 5.69 Å². The Kier molecular flexibility index (Phi) is 4.83. The van der Waals surface area contributed by atoms with E-state index < -0.39 is 5.91 Å². The summed E-state index contributed by atoms with van der Waals surface area (Å²) in [7, 11) is 0. The van der Waals surface area contributed by atoms with Crippen molar-refractivity contribution < 1.29 is 9.42 Å². The molecule has 0 aliphatic heterocycles. The molecule has 0 saturated heterocycles. The minimum atomic E-state index is -0.430. The third kappa shape index (κ3) is 3.24. The van der Waals surface area contributed by atoms with Crippen LogP contribution in [-0.4, -0.2) is 36.9 Å². The average Bonchev–Trinajstić information content (AvgIpc) is 3.32. The van der Waals surface area contributed by atoms with Gasteiger partial charge in [-0.25, -0.2) is 10.1 Å². The molecule has 1 amide bonds. The van der Waals surface area contributed by atoms with Gasteiger partial charge in [-0.1, -0.05) is 42.8 Å². The maximum atomic E-state index is 12.7. The van der Waals surface area contributed by atoms with Crippen LogP contribution in [0.5, 0.6) is 0 Å². The molecule has 0 fully saturated rings. The van der Waals surface area contributed by atoms with Gasteiger partial charge in [-0.3, -0.25) is 4.79 Å². The summed E-state index contributed by atoms with van der Waals surface area (Å²) >= 11 is 0. The molecule has 144 valence electrons. The number of fused-ring (bicyclic) bond motifs is 1. The van der Waals surface area contributed by atoms with Crippen LogP contribution in [-0.2, 0) is 12.8 Å². The molecule has 3 aromatic rings. The molecular weight excluding hydrogens is 360 g/mol. The zero-order valence-electron chi connectivity index (χ0n) is 15.4. The molecule has 2 aromatic heterocycles. The van der Waals surface area contributed by atoms with Crippen LogP contribution in [0.15, 0.2) is 34.0 Å². The maximum Gasteiger partial charge on any atom is 0.293 e. The maximum absolute atomic E-state index is 12.7. The molecule has 1 aliphatic carbocycles. The summed E-state index contributed by atoms with van der Waals surface area (Å²) in [6.07, 6.45) is 4.17. The smallest absolute Gasteiger partial charge is 0.293 e. The van der Waals surface area contributed by atoms with E-state index in [0.717, 1.165) is 37.0 Å². The van der Waals surface area contributed by atoms with Gasteiger partial charge in [-0.05, 0) is 41.6 Å². The van der Waals surface area contributed by atoms with E-state index in [9.17, 15) is 4.79 Å². The van der Waals surface area contributed by atoms with Gasteiger partial charge in [0.1, 0.15) is 0 Å². The first-order valence-corrected chi connectivity index (χ1v) is 9.17. The number of anilines is 1. The monoisotopic (exact) mass is 380 g/mol. The van der Waals surface area contributed by atoms with Crippen molar-refractivity contribution >= 4 is 17.4 Å². The normalized spacial score (nSPS) is 14.8. The summed E-state index contributed by atoms with van der Waals surface area (Å²) in [5, 5.41) is 19.7. The third-order valence-electron chi connectivity index (χ3n) is 4.64. The Balaban J connectivity index is 1.61. The summed E-state index contributed by atoms with van der Waals surface area (Å²) in [6, 6.07) is 8.11. The van der Waals surface area contributed by atoms with E-state index >= 15 is 0 Å². The van der Waals surface area contributed by atoms with E-state index in [1.807, 2.05) is 25.1 Å². The van der Waals surface area contributed by atoms with E-state index in [2.05, 4.69) is 41.8 Å². The highest BCUT2D eigenvalue weighted by atomic mass is 16.6. The largest absolute Gasteiger partial charge is 0.378 e. The van der Waals surface area contributed by atoms with Gasteiger partial charge in [-0.2, -0.15) is 9.78 Å². The standard InChI is InChI=1S/C18H20N8O2/c1-2-6-14-15(21-25-26(14)17-16(19)23-28-24-17)18(27)22-20-13-10-5-8-11-7-3-4-9-12(11)13/h3-4,7,9H,2,5-6,8,10H2,1H3,(H2,19,23)(H,22,27)/b20-13-. The molecule has 1 aliphatic rings. The SMILES string of the molecule is CCCc1c(C(=O)N/N=C2/CCCc3ccccc32)nnn1-c1nonc1N. The number of carbonyl (C=O) groups excluding carboxylic acids is 1. The predicted octanol–water partition coefficient (Wildman–Crippen LogP) is 1.66. The van der Waals surface area contributed by atoms with Gasteiger partial charge in [-0.15, -0.1) is 5.10 Å². The van der Waals surface area contributed by atoms with Crippen molar-refractivity contribution in [1.82, 2.24) is 30.7 Å². The van der Waals surface area contributed by atoms with Crippen LogP contribution in [0, 0.1) is 0 Å². The second kappa shape index (κ2) is 7.59. The van der Waals surface area contributed by atoms with Crippen LogP contribution in [0.1, 0.15) is 53.5 Å². The molecule has 10 heteroatoms. The summed E-state index contributed by atoms with van der Waals surface area (Å²) in [4.78, 5) is 12.7. The number of amides is 1. The number of hydrogen-bond donors (Lipinski definition) is 2.